The number of nitrogens with zero attached hydrogens (tertiary/aromatic N) is 2. The molecule has 1 unspecified atom stereocenters. The van der Waals surface area contributed by atoms with Crippen molar-refractivity contribution in [1.29, 1.82) is 0 Å². The highest BCUT2D eigenvalue weighted by molar-refractivity contribution is 5.73. The third-order valence-electron chi connectivity index (χ3n) is 4.66. The smallest absolute Gasteiger partial charge is 0.315 e. The van der Waals surface area contributed by atoms with Crippen LogP contribution in [0.5, 0.6) is 11.5 Å². The fraction of sp³-hybridized carbons (Fsp3) is 0.400. The second-order valence-electron chi connectivity index (χ2n) is 6.68. The molecule has 1 fully saturated rings. The van der Waals surface area contributed by atoms with Crippen LogP contribution in [0.2, 0.25) is 0 Å². The van der Waals surface area contributed by atoms with Gasteiger partial charge in [-0.15, -0.1) is 0 Å². The summed E-state index contributed by atoms with van der Waals surface area (Å²) in [4.78, 5) is 18.7. The molecule has 2 aliphatic heterocycles. The summed E-state index contributed by atoms with van der Waals surface area (Å²) in [5.41, 5.74) is 0.998. The summed E-state index contributed by atoms with van der Waals surface area (Å²) in [7, 11) is 0. The number of hydrogen-bond acceptors (Lipinski definition) is 6. The van der Waals surface area contributed by atoms with Crippen molar-refractivity contribution in [3.8, 4) is 11.5 Å². The Hall–Kier alpha value is -3.00. The molecular weight excluding hydrogens is 360 g/mol. The van der Waals surface area contributed by atoms with Crippen LogP contribution in [-0.2, 0) is 11.3 Å². The second kappa shape index (κ2) is 8.79. The molecule has 2 amide bonds. The molecule has 2 aromatic rings. The number of urea groups is 1. The van der Waals surface area contributed by atoms with Crippen LogP contribution in [0.1, 0.15) is 5.56 Å². The van der Waals surface area contributed by atoms with Gasteiger partial charge in [0.25, 0.3) is 0 Å². The lowest BCUT2D eigenvalue weighted by Crippen LogP contribution is -2.44. The summed E-state index contributed by atoms with van der Waals surface area (Å²) < 4.78 is 16.9. The summed E-state index contributed by atoms with van der Waals surface area (Å²) in [5, 5.41) is 5.70. The number of carbonyl (C=O) groups excluding carboxylic acids is 1. The van der Waals surface area contributed by atoms with E-state index in [-0.39, 0.29) is 12.1 Å². The van der Waals surface area contributed by atoms with E-state index in [1.807, 2.05) is 36.4 Å². The number of morpholine rings is 1. The van der Waals surface area contributed by atoms with Gasteiger partial charge in [-0.05, 0) is 29.8 Å². The third kappa shape index (κ3) is 4.64. The average molecular weight is 384 g/mol. The number of amides is 2. The highest BCUT2D eigenvalue weighted by Gasteiger charge is 2.21. The number of hydrogen-bond donors (Lipinski definition) is 2. The van der Waals surface area contributed by atoms with Crippen molar-refractivity contribution in [3.05, 3.63) is 48.2 Å². The summed E-state index contributed by atoms with van der Waals surface area (Å²) in [5.74, 6) is 2.35. The summed E-state index contributed by atoms with van der Waals surface area (Å²) in [6.07, 6.45) is 1.55. The van der Waals surface area contributed by atoms with Gasteiger partial charge in [-0.2, -0.15) is 0 Å². The zero-order valence-electron chi connectivity index (χ0n) is 15.6. The van der Waals surface area contributed by atoms with E-state index in [0.717, 1.165) is 30.2 Å². The zero-order chi connectivity index (χ0) is 19.2. The molecule has 2 N–H and O–H groups in total. The molecule has 1 saturated heterocycles. The number of rotatable bonds is 5. The van der Waals surface area contributed by atoms with E-state index in [1.54, 1.807) is 6.20 Å². The van der Waals surface area contributed by atoms with Crippen LogP contribution in [0, 0.1) is 0 Å². The molecule has 1 aromatic heterocycles. The molecule has 4 rings (SSSR count). The molecule has 28 heavy (non-hydrogen) atoms. The Morgan fingerprint density at radius 1 is 1.14 bits per heavy atom. The van der Waals surface area contributed by atoms with Gasteiger partial charge in [-0.25, -0.2) is 9.78 Å². The van der Waals surface area contributed by atoms with Crippen molar-refractivity contribution in [2.24, 2.45) is 0 Å². The number of para-hydroxylation sites is 2. The molecule has 2 aliphatic rings. The van der Waals surface area contributed by atoms with Crippen LogP contribution < -0.4 is 25.0 Å². The molecule has 148 valence electrons. The first kappa shape index (κ1) is 18.4. The number of nitrogens with one attached hydrogen (secondary N) is 2. The van der Waals surface area contributed by atoms with Gasteiger partial charge in [0.05, 0.1) is 19.8 Å². The van der Waals surface area contributed by atoms with Crippen molar-refractivity contribution in [1.82, 2.24) is 15.6 Å². The number of benzene rings is 1. The minimum absolute atomic E-state index is 0.213. The molecule has 0 spiro atoms. The topological polar surface area (TPSA) is 85.0 Å². The van der Waals surface area contributed by atoms with Crippen molar-refractivity contribution in [2.75, 3.05) is 44.4 Å². The van der Waals surface area contributed by atoms with Gasteiger partial charge in [-0.1, -0.05) is 12.1 Å². The summed E-state index contributed by atoms with van der Waals surface area (Å²) >= 11 is 0. The molecule has 1 atom stereocenters. The maximum atomic E-state index is 12.1. The minimum Gasteiger partial charge on any atom is -0.486 e. The molecule has 8 heteroatoms. The first-order valence-corrected chi connectivity index (χ1v) is 9.46. The number of pyridine rings is 1. The lowest BCUT2D eigenvalue weighted by molar-refractivity contribution is 0.0918. The molecule has 0 aliphatic carbocycles. The van der Waals surface area contributed by atoms with E-state index in [4.69, 9.17) is 14.2 Å². The fourth-order valence-electron chi connectivity index (χ4n) is 3.15. The maximum Gasteiger partial charge on any atom is 0.315 e. The van der Waals surface area contributed by atoms with Crippen LogP contribution in [0.25, 0.3) is 0 Å². The zero-order valence-corrected chi connectivity index (χ0v) is 15.6. The number of anilines is 1. The normalized spacial score (nSPS) is 18.4. The Morgan fingerprint density at radius 3 is 2.82 bits per heavy atom. The summed E-state index contributed by atoms with van der Waals surface area (Å²) in [6, 6.07) is 11.2. The lowest BCUT2D eigenvalue weighted by atomic mass is 10.2. The molecule has 1 aromatic carbocycles. The standard InChI is InChI=1S/C20H24N4O4/c25-20(23-13-16-14-27-17-3-1-2-4-18(17)28-16)22-12-15-5-6-21-19(11-15)24-7-9-26-10-8-24/h1-6,11,16H,7-10,12-14H2,(H2,22,23,25). The van der Waals surface area contributed by atoms with Crippen LogP contribution in [0.15, 0.2) is 42.6 Å². The van der Waals surface area contributed by atoms with Gasteiger partial charge in [0.1, 0.15) is 12.4 Å². The van der Waals surface area contributed by atoms with E-state index in [0.29, 0.717) is 38.7 Å². The van der Waals surface area contributed by atoms with Gasteiger partial charge in [-0.3, -0.25) is 0 Å². The fourth-order valence-corrected chi connectivity index (χ4v) is 3.15. The van der Waals surface area contributed by atoms with Gasteiger partial charge in [0.2, 0.25) is 0 Å². The molecular formula is C20H24N4O4. The second-order valence-corrected chi connectivity index (χ2v) is 6.68. The average Bonchev–Trinajstić information content (AvgIpc) is 2.77. The van der Waals surface area contributed by atoms with Gasteiger partial charge in [0, 0.05) is 25.8 Å². The van der Waals surface area contributed by atoms with Crippen molar-refractivity contribution >= 4 is 11.8 Å². The van der Waals surface area contributed by atoms with E-state index in [2.05, 4.69) is 20.5 Å². The Kier molecular flexibility index (Phi) is 5.77. The monoisotopic (exact) mass is 384 g/mol. The predicted molar refractivity (Wildman–Crippen MR) is 104 cm³/mol. The highest BCUT2D eigenvalue weighted by atomic mass is 16.6. The number of aromatic nitrogens is 1. The van der Waals surface area contributed by atoms with Crippen LogP contribution in [-0.4, -0.2) is 56.6 Å². The predicted octanol–water partition coefficient (Wildman–Crippen LogP) is 1.56. The summed E-state index contributed by atoms with van der Waals surface area (Å²) in [6.45, 7) is 4.29. The number of fused-ring (bicyclic) bond motifs is 1. The minimum atomic E-state index is -0.243. The van der Waals surface area contributed by atoms with Gasteiger partial charge in [0.15, 0.2) is 17.6 Å². The quantitative estimate of drug-likeness (QED) is 0.814. The number of carbonyl (C=O) groups is 1. The first-order chi connectivity index (χ1) is 13.8. The van der Waals surface area contributed by atoms with Gasteiger partial charge < -0.3 is 29.7 Å². The van der Waals surface area contributed by atoms with Crippen molar-refractivity contribution in [2.45, 2.75) is 12.6 Å². The van der Waals surface area contributed by atoms with E-state index >= 15 is 0 Å². The van der Waals surface area contributed by atoms with E-state index < -0.39 is 0 Å². The lowest BCUT2D eigenvalue weighted by Gasteiger charge is -2.28. The van der Waals surface area contributed by atoms with Crippen LogP contribution in [0.4, 0.5) is 10.6 Å². The van der Waals surface area contributed by atoms with E-state index in [9.17, 15) is 4.79 Å². The Labute approximate surface area is 163 Å². The van der Waals surface area contributed by atoms with Crippen molar-refractivity contribution < 1.29 is 19.0 Å². The highest BCUT2D eigenvalue weighted by Crippen LogP contribution is 2.30. The Balaban J connectivity index is 1.23. The molecule has 3 heterocycles. The Bertz CT molecular complexity index is 810. The largest absolute Gasteiger partial charge is 0.486 e. The van der Waals surface area contributed by atoms with Crippen LogP contribution >= 0.6 is 0 Å². The SMILES string of the molecule is O=C(NCc1ccnc(N2CCOCC2)c1)NCC1COc2ccccc2O1. The molecule has 0 bridgehead atoms. The van der Waals surface area contributed by atoms with Gasteiger partial charge >= 0.3 is 6.03 Å². The Morgan fingerprint density at radius 2 is 1.96 bits per heavy atom. The van der Waals surface area contributed by atoms with Crippen molar-refractivity contribution in [3.63, 3.8) is 0 Å². The third-order valence-corrected chi connectivity index (χ3v) is 4.66. The number of ether oxygens (including phenoxy) is 3. The molecule has 0 radical (unpaired) electrons. The van der Waals surface area contributed by atoms with Crippen LogP contribution in [0.3, 0.4) is 0 Å². The van der Waals surface area contributed by atoms with E-state index in [1.165, 1.54) is 0 Å². The first-order valence-electron chi connectivity index (χ1n) is 9.46. The maximum absolute atomic E-state index is 12.1. The molecule has 8 nitrogen and oxygen atoms in total. The molecule has 0 saturated carbocycles.